The average Bonchev–Trinajstić information content (AvgIpc) is 2.47. The molecule has 0 aliphatic carbocycles. The van der Waals surface area contributed by atoms with E-state index >= 15 is 0 Å². The number of ether oxygens (including phenoxy) is 1. The number of hydrogen-bond donors (Lipinski definition) is 2. The molecule has 1 aromatic heterocycles. The Morgan fingerprint density at radius 2 is 2.00 bits per heavy atom. The molecular formula is C15H17N3O2. The first-order chi connectivity index (χ1) is 9.61. The van der Waals surface area contributed by atoms with Gasteiger partial charge in [0.1, 0.15) is 11.4 Å². The SMILES string of the molecule is COC(=O)c1cccnc1NC(C)c1ccc(N)cc1. The maximum absolute atomic E-state index is 11.7. The number of carbonyl (C=O) groups is 1. The number of rotatable bonds is 4. The molecule has 104 valence electrons. The molecule has 2 aromatic rings. The smallest absolute Gasteiger partial charge is 0.341 e. The number of methoxy groups -OCH3 is 1. The third kappa shape index (κ3) is 3.06. The van der Waals surface area contributed by atoms with E-state index < -0.39 is 5.97 Å². The van der Waals surface area contributed by atoms with Crippen LogP contribution in [0.15, 0.2) is 42.6 Å². The second kappa shape index (κ2) is 6.06. The van der Waals surface area contributed by atoms with Gasteiger partial charge in [0, 0.05) is 17.9 Å². The van der Waals surface area contributed by atoms with E-state index in [-0.39, 0.29) is 6.04 Å². The maximum Gasteiger partial charge on any atom is 0.341 e. The molecule has 0 saturated heterocycles. The lowest BCUT2D eigenvalue weighted by molar-refractivity contribution is 0.0601. The molecule has 2 rings (SSSR count). The molecular weight excluding hydrogens is 254 g/mol. The summed E-state index contributed by atoms with van der Waals surface area (Å²) in [7, 11) is 1.35. The Balaban J connectivity index is 2.21. The predicted octanol–water partition coefficient (Wildman–Crippen LogP) is 2.62. The highest BCUT2D eigenvalue weighted by atomic mass is 16.5. The van der Waals surface area contributed by atoms with Gasteiger partial charge in [0.2, 0.25) is 0 Å². The normalized spacial score (nSPS) is 11.7. The first kappa shape index (κ1) is 13.9. The molecule has 1 atom stereocenters. The Morgan fingerprint density at radius 1 is 1.30 bits per heavy atom. The predicted molar refractivity (Wildman–Crippen MR) is 78.5 cm³/mol. The Hall–Kier alpha value is -2.56. The number of nitrogens with two attached hydrogens (primary N) is 1. The molecule has 0 bridgehead atoms. The minimum atomic E-state index is -0.412. The highest BCUT2D eigenvalue weighted by Crippen LogP contribution is 2.21. The van der Waals surface area contributed by atoms with Gasteiger partial charge in [-0.15, -0.1) is 0 Å². The Labute approximate surface area is 117 Å². The van der Waals surface area contributed by atoms with Crippen LogP contribution in [0.5, 0.6) is 0 Å². The van der Waals surface area contributed by atoms with Crippen LogP contribution in [0.3, 0.4) is 0 Å². The molecule has 0 aliphatic rings. The minimum absolute atomic E-state index is 0.00564. The number of hydrogen-bond acceptors (Lipinski definition) is 5. The second-order valence-corrected chi connectivity index (χ2v) is 4.42. The van der Waals surface area contributed by atoms with E-state index in [2.05, 4.69) is 10.3 Å². The third-order valence-corrected chi connectivity index (χ3v) is 3.00. The van der Waals surface area contributed by atoms with Crippen LogP contribution < -0.4 is 11.1 Å². The molecule has 0 amide bonds. The molecule has 5 heteroatoms. The van der Waals surface area contributed by atoms with Gasteiger partial charge in [-0.3, -0.25) is 0 Å². The summed E-state index contributed by atoms with van der Waals surface area (Å²) in [6.45, 7) is 1.99. The van der Waals surface area contributed by atoms with Crippen molar-refractivity contribution < 1.29 is 9.53 Å². The van der Waals surface area contributed by atoms with Gasteiger partial charge in [0.05, 0.1) is 7.11 Å². The maximum atomic E-state index is 11.7. The zero-order chi connectivity index (χ0) is 14.5. The van der Waals surface area contributed by atoms with Crippen LogP contribution in [-0.4, -0.2) is 18.1 Å². The highest BCUT2D eigenvalue weighted by Gasteiger charge is 2.14. The van der Waals surface area contributed by atoms with Crippen LogP contribution in [-0.2, 0) is 4.74 Å². The molecule has 20 heavy (non-hydrogen) atoms. The molecule has 1 unspecified atom stereocenters. The van der Waals surface area contributed by atoms with E-state index in [1.165, 1.54) is 7.11 Å². The van der Waals surface area contributed by atoms with Crippen LogP contribution >= 0.6 is 0 Å². The topological polar surface area (TPSA) is 77.2 Å². The summed E-state index contributed by atoms with van der Waals surface area (Å²) in [5.41, 5.74) is 7.85. The average molecular weight is 271 g/mol. The molecule has 0 radical (unpaired) electrons. The van der Waals surface area contributed by atoms with Crippen LogP contribution in [0.1, 0.15) is 28.9 Å². The Morgan fingerprint density at radius 3 is 2.65 bits per heavy atom. The largest absolute Gasteiger partial charge is 0.465 e. The zero-order valence-electron chi connectivity index (χ0n) is 11.5. The number of nitrogen functional groups attached to an aromatic ring is 1. The van der Waals surface area contributed by atoms with Gasteiger partial charge in [-0.2, -0.15) is 0 Å². The summed E-state index contributed by atoms with van der Waals surface area (Å²) in [6.07, 6.45) is 1.63. The van der Waals surface area contributed by atoms with Gasteiger partial charge in [0.15, 0.2) is 0 Å². The molecule has 1 aromatic carbocycles. The van der Waals surface area contributed by atoms with Gasteiger partial charge in [0.25, 0.3) is 0 Å². The van der Waals surface area contributed by atoms with Crippen LogP contribution in [0.25, 0.3) is 0 Å². The van der Waals surface area contributed by atoms with E-state index in [1.807, 2.05) is 31.2 Å². The number of nitrogens with one attached hydrogen (secondary N) is 1. The van der Waals surface area contributed by atoms with Crippen molar-refractivity contribution in [1.82, 2.24) is 4.98 Å². The fourth-order valence-corrected chi connectivity index (χ4v) is 1.87. The number of anilines is 2. The summed E-state index contributed by atoms with van der Waals surface area (Å²) in [5, 5.41) is 3.21. The minimum Gasteiger partial charge on any atom is -0.465 e. The number of nitrogens with zero attached hydrogens (tertiary/aromatic N) is 1. The van der Waals surface area contributed by atoms with E-state index in [4.69, 9.17) is 10.5 Å². The third-order valence-electron chi connectivity index (χ3n) is 3.00. The Bertz CT molecular complexity index is 596. The zero-order valence-corrected chi connectivity index (χ0v) is 11.5. The lowest BCUT2D eigenvalue weighted by Crippen LogP contribution is -2.13. The van der Waals surface area contributed by atoms with Crippen molar-refractivity contribution in [3.05, 3.63) is 53.7 Å². The summed E-state index contributed by atoms with van der Waals surface area (Å²) in [4.78, 5) is 15.9. The van der Waals surface area contributed by atoms with Gasteiger partial charge in [-0.1, -0.05) is 12.1 Å². The number of pyridine rings is 1. The summed E-state index contributed by atoms with van der Waals surface area (Å²) in [5.74, 6) is 0.0915. The Kier molecular flexibility index (Phi) is 4.20. The fraction of sp³-hybridized carbons (Fsp3) is 0.200. The molecule has 0 aliphatic heterocycles. The van der Waals surface area contributed by atoms with Crippen molar-refractivity contribution in [2.45, 2.75) is 13.0 Å². The molecule has 5 nitrogen and oxygen atoms in total. The lowest BCUT2D eigenvalue weighted by atomic mass is 10.1. The fourth-order valence-electron chi connectivity index (χ4n) is 1.87. The van der Waals surface area contributed by atoms with Crippen molar-refractivity contribution >= 4 is 17.5 Å². The van der Waals surface area contributed by atoms with Crippen LogP contribution in [0.2, 0.25) is 0 Å². The molecule has 0 saturated carbocycles. The summed E-state index contributed by atoms with van der Waals surface area (Å²) in [6, 6.07) is 10.9. The van der Waals surface area contributed by atoms with Crippen LogP contribution in [0.4, 0.5) is 11.5 Å². The molecule has 0 spiro atoms. The van der Waals surface area contributed by atoms with Gasteiger partial charge in [-0.05, 0) is 36.8 Å². The van der Waals surface area contributed by atoms with Gasteiger partial charge < -0.3 is 15.8 Å². The van der Waals surface area contributed by atoms with Crippen molar-refractivity contribution in [1.29, 1.82) is 0 Å². The van der Waals surface area contributed by atoms with Crippen molar-refractivity contribution in [2.24, 2.45) is 0 Å². The van der Waals surface area contributed by atoms with Crippen molar-refractivity contribution in [3.8, 4) is 0 Å². The number of aromatic nitrogens is 1. The summed E-state index contributed by atoms with van der Waals surface area (Å²) >= 11 is 0. The lowest BCUT2D eigenvalue weighted by Gasteiger charge is -2.16. The highest BCUT2D eigenvalue weighted by molar-refractivity contribution is 5.94. The number of carbonyl (C=O) groups excluding carboxylic acids is 1. The van der Waals surface area contributed by atoms with E-state index in [0.29, 0.717) is 17.1 Å². The van der Waals surface area contributed by atoms with E-state index in [9.17, 15) is 4.79 Å². The summed E-state index contributed by atoms with van der Waals surface area (Å²) < 4.78 is 4.74. The second-order valence-electron chi connectivity index (χ2n) is 4.42. The van der Waals surface area contributed by atoms with E-state index in [1.54, 1.807) is 18.3 Å². The first-order valence-electron chi connectivity index (χ1n) is 6.27. The molecule has 1 heterocycles. The van der Waals surface area contributed by atoms with Crippen molar-refractivity contribution in [3.63, 3.8) is 0 Å². The van der Waals surface area contributed by atoms with Crippen LogP contribution in [0, 0.1) is 0 Å². The molecule has 0 fully saturated rings. The van der Waals surface area contributed by atoms with Gasteiger partial charge >= 0.3 is 5.97 Å². The molecule has 3 N–H and O–H groups in total. The monoisotopic (exact) mass is 271 g/mol. The van der Waals surface area contributed by atoms with Crippen molar-refractivity contribution in [2.75, 3.05) is 18.2 Å². The standard InChI is InChI=1S/C15H17N3O2/c1-10(11-5-7-12(16)8-6-11)18-14-13(15(19)20-2)4-3-9-17-14/h3-10H,16H2,1-2H3,(H,17,18). The number of esters is 1. The quantitative estimate of drug-likeness (QED) is 0.660. The van der Waals surface area contributed by atoms with E-state index in [0.717, 1.165) is 5.56 Å². The number of benzene rings is 1. The van der Waals surface area contributed by atoms with Gasteiger partial charge in [-0.25, -0.2) is 9.78 Å². The first-order valence-corrected chi connectivity index (χ1v) is 6.27.